The molecule has 2 heterocycles. The lowest BCUT2D eigenvalue weighted by molar-refractivity contribution is -0.140. The third-order valence-corrected chi connectivity index (χ3v) is 6.02. The van der Waals surface area contributed by atoms with Crippen molar-refractivity contribution in [3.05, 3.63) is 89.1 Å². The van der Waals surface area contributed by atoms with E-state index in [2.05, 4.69) is 13.8 Å². The Balaban J connectivity index is 1.79. The second-order valence-corrected chi connectivity index (χ2v) is 8.95. The molecule has 2 aromatic carbocycles. The Morgan fingerprint density at radius 1 is 1.11 bits per heavy atom. The molecule has 0 bridgehead atoms. The molecule has 1 unspecified atom stereocenters. The van der Waals surface area contributed by atoms with Gasteiger partial charge in [0.05, 0.1) is 38.1 Å². The van der Waals surface area contributed by atoms with Crippen molar-refractivity contribution in [1.82, 2.24) is 4.90 Å². The summed E-state index contributed by atoms with van der Waals surface area (Å²) < 4.78 is 30.3. The van der Waals surface area contributed by atoms with E-state index < -0.39 is 29.3 Å². The van der Waals surface area contributed by atoms with Crippen molar-refractivity contribution in [2.75, 3.05) is 13.7 Å². The molecular weight excluding hydrogens is 465 g/mol. The molecule has 188 valence electrons. The Hall–Kier alpha value is -4.07. The molecule has 1 aliphatic heterocycles. The third kappa shape index (κ3) is 5.12. The minimum Gasteiger partial charge on any atom is -0.507 e. The van der Waals surface area contributed by atoms with Crippen molar-refractivity contribution in [3.8, 4) is 11.5 Å². The fourth-order valence-corrected chi connectivity index (χ4v) is 4.10. The van der Waals surface area contributed by atoms with Crippen LogP contribution in [0.4, 0.5) is 4.39 Å². The first-order valence-corrected chi connectivity index (χ1v) is 11.7. The maximum absolute atomic E-state index is 13.5. The number of hydrogen-bond donors (Lipinski definition) is 1. The normalized spacial score (nSPS) is 17.1. The highest BCUT2D eigenvalue weighted by Crippen LogP contribution is 2.42. The van der Waals surface area contributed by atoms with Crippen molar-refractivity contribution >= 4 is 17.4 Å². The maximum atomic E-state index is 13.5. The number of furan rings is 1. The number of nitrogens with zero attached hydrogens (tertiary/aromatic N) is 1. The van der Waals surface area contributed by atoms with Crippen LogP contribution in [0.3, 0.4) is 0 Å². The van der Waals surface area contributed by atoms with Gasteiger partial charge in [0.25, 0.3) is 11.7 Å². The fraction of sp³-hybridized carbons (Fsp3) is 0.286. The number of halogens is 1. The Bertz CT molecular complexity index is 1260. The number of methoxy groups -OCH3 is 1. The highest BCUT2D eigenvalue weighted by molar-refractivity contribution is 6.46. The lowest BCUT2D eigenvalue weighted by atomic mass is 9.95. The van der Waals surface area contributed by atoms with E-state index in [9.17, 15) is 19.1 Å². The van der Waals surface area contributed by atoms with Crippen LogP contribution < -0.4 is 9.47 Å². The predicted molar refractivity (Wildman–Crippen MR) is 131 cm³/mol. The molecule has 1 N–H and O–H groups in total. The van der Waals surface area contributed by atoms with Gasteiger partial charge in [0.2, 0.25) is 0 Å². The molecular formula is C28H28FNO6. The standard InChI is InChI=1S/C28H28FNO6/c1-17(2)12-14-36-22-11-8-19(15-23(22)34-3)25-24(26(31)18-6-9-20(29)10-7-18)27(32)28(33)30(25)16-21-5-4-13-35-21/h4-11,13,15,17,25,31H,12,14,16H2,1-3H3. The first-order chi connectivity index (χ1) is 17.3. The van der Waals surface area contributed by atoms with Crippen LogP contribution in [0.1, 0.15) is 43.2 Å². The largest absolute Gasteiger partial charge is 0.507 e. The molecule has 0 aliphatic carbocycles. The number of ether oxygens (including phenoxy) is 2. The van der Waals surface area contributed by atoms with E-state index in [0.29, 0.717) is 35.3 Å². The van der Waals surface area contributed by atoms with Crippen molar-refractivity contribution in [1.29, 1.82) is 0 Å². The van der Waals surface area contributed by atoms with E-state index in [-0.39, 0.29) is 17.7 Å². The summed E-state index contributed by atoms with van der Waals surface area (Å²) in [5.74, 6) is -0.589. The van der Waals surface area contributed by atoms with Gasteiger partial charge in [-0.1, -0.05) is 19.9 Å². The van der Waals surface area contributed by atoms with Crippen LogP contribution in [0.25, 0.3) is 5.76 Å². The van der Waals surface area contributed by atoms with Crippen LogP contribution in [0.15, 0.2) is 70.9 Å². The summed E-state index contributed by atoms with van der Waals surface area (Å²) in [5.41, 5.74) is 0.657. The summed E-state index contributed by atoms with van der Waals surface area (Å²) in [6.45, 7) is 4.73. The van der Waals surface area contributed by atoms with E-state index in [1.54, 1.807) is 30.3 Å². The molecule has 0 radical (unpaired) electrons. The molecule has 1 aliphatic rings. The van der Waals surface area contributed by atoms with Crippen molar-refractivity contribution in [2.45, 2.75) is 32.9 Å². The van der Waals surface area contributed by atoms with Gasteiger partial charge in [-0.05, 0) is 66.4 Å². The number of Topliss-reactive ketones (excluding diaryl/α,β-unsaturated/α-hetero) is 1. The highest BCUT2D eigenvalue weighted by atomic mass is 19.1. The van der Waals surface area contributed by atoms with E-state index in [1.807, 2.05) is 0 Å². The second kappa shape index (κ2) is 10.7. The lowest BCUT2D eigenvalue weighted by Gasteiger charge is -2.25. The molecule has 1 amide bonds. The number of rotatable bonds is 9. The molecule has 1 saturated heterocycles. The number of benzene rings is 2. The summed E-state index contributed by atoms with van der Waals surface area (Å²) in [6.07, 6.45) is 2.34. The van der Waals surface area contributed by atoms with E-state index in [0.717, 1.165) is 6.42 Å². The Morgan fingerprint density at radius 2 is 1.86 bits per heavy atom. The van der Waals surface area contributed by atoms with Gasteiger partial charge < -0.3 is 23.9 Å². The average molecular weight is 494 g/mol. The number of ketones is 1. The maximum Gasteiger partial charge on any atom is 0.296 e. The van der Waals surface area contributed by atoms with Gasteiger partial charge in [0.1, 0.15) is 17.3 Å². The smallest absolute Gasteiger partial charge is 0.296 e. The Morgan fingerprint density at radius 3 is 2.50 bits per heavy atom. The molecule has 7 nitrogen and oxygen atoms in total. The van der Waals surface area contributed by atoms with Crippen LogP contribution in [-0.4, -0.2) is 35.4 Å². The lowest BCUT2D eigenvalue weighted by Crippen LogP contribution is -2.29. The fourth-order valence-electron chi connectivity index (χ4n) is 4.10. The number of carbonyl (C=O) groups is 2. The van der Waals surface area contributed by atoms with Gasteiger partial charge in [-0.2, -0.15) is 0 Å². The Kier molecular flexibility index (Phi) is 7.43. The van der Waals surface area contributed by atoms with Crippen LogP contribution in [0, 0.1) is 11.7 Å². The van der Waals surface area contributed by atoms with Crippen LogP contribution in [0.5, 0.6) is 11.5 Å². The summed E-state index contributed by atoms with van der Waals surface area (Å²) in [4.78, 5) is 27.6. The number of likely N-dealkylation sites (tertiary alicyclic amines) is 1. The summed E-state index contributed by atoms with van der Waals surface area (Å²) >= 11 is 0. The third-order valence-electron chi connectivity index (χ3n) is 6.02. The number of aliphatic hydroxyl groups is 1. The van der Waals surface area contributed by atoms with Gasteiger partial charge in [-0.3, -0.25) is 9.59 Å². The van der Waals surface area contributed by atoms with E-state index >= 15 is 0 Å². The van der Waals surface area contributed by atoms with Crippen molar-refractivity contribution < 1.29 is 33.0 Å². The quantitative estimate of drug-likeness (QED) is 0.241. The molecule has 0 spiro atoms. The molecule has 4 rings (SSSR count). The van der Waals surface area contributed by atoms with Gasteiger partial charge in [0.15, 0.2) is 11.5 Å². The summed E-state index contributed by atoms with van der Waals surface area (Å²) in [7, 11) is 1.51. The van der Waals surface area contributed by atoms with Gasteiger partial charge in [-0.15, -0.1) is 0 Å². The van der Waals surface area contributed by atoms with Gasteiger partial charge in [0, 0.05) is 5.56 Å². The molecule has 0 saturated carbocycles. The van der Waals surface area contributed by atoms with Gasteiger partial charge >= 0.3 is 0 Å². The summed E-state index contributed by atoms with van der Waals surface area (Å²) in [5, 5.41) is 11.1. The topological polar surface area (TPSA) is 89.2 Å². The van der Waals surface area contributed by atoms with Crippen LogP contribution in [-0.2, 0) is 16.1 Å². The number of amides is 1. The molecule has 8 heteroatoms. The molecule has 36 heavy (non-hydrogen) atoms. The Labute approximate surface area is 208 Å². The number of aliphatic hydroxyl groups excluding tert-OH is 1. The average Bonchev–Trinajstić information content (AvgIpc) is 3.46. The zero-order valence-electron chi connectivity index (χ0n) is 20.4. The van der Waals surface area contributed by atoms with E-state index in [1.165, 1.54) is 42.5 Å². The van der Waals surface area contributed by atoms with Crippen molar-refractivity contribution in [2.24, 2.45) is 5.92 Å². The first kappa shape index (κ1) is 25.0. The van der Waals surface area contributed by atoms with Crippen LogP contribution in [0.2, 0.25) is 0 Å². The first-order valence-electron chi connectivity index (χ1n) is 11.7. The molecule has 1 fully saturated rings. The molecule has 1 atom stereocenters. The highest BCUT2D eigenvalue weighted by Gasteiger charge is 2.46. The zero-order valence-corrected chi connectivity index (χ0v) is 20.4. The minimum atomic E-state index is -0.932. The number of hydrogen-bond acceptors (Lipinski definition) is 6. The monoisotopic (exact) mass is 493 g/mol. The molecule has 1 aromatic heterocycles. The van der Waals surface area contributed by atoms with E-state index in [4.69, 9.17) is 13.9 Å². The second-order valence-electron chi connectivity index (χ2n) is 8.95. The SMILES string of the molecule is COc1cc(C2C(=C(O)c3ccc(F)cc3)C(=O)C(=O)N2Cc2ccco2)ccc1OCCC(C)C. The number of carbonyl (C=O) groups excluding carboxylic acids is 2. The minimum absolute atomic E-state index is 0.0113. The van der Waals surface area contributed by atoms with Gasteiger partial charge in [-0.25, -0.2) is 4.39 Å². The van der Waals surface area contributed by atoms with Crippen LogP contribution >= 0.6 is 0 Å². The predicted octanol–water partition coefficient (Wildman–Crippen LogP) is 5.47. The molecule has 3 aromatic rings. The van der Waals surface area contributed by atoms with Crippen molar-refractivity contribution in [3.63, 3.8) is 0 Å². The zero-order chi connectivity index (χ0) is 25.8. The summed E-state index contributed by atoms with van der Waals surface area (Å²) in [6, 6.07) is 12.7.